The Morgan fingerprint density at radius 3 is 2.00 bits per heavy atom. The van der Waals surface area contributed by atoms with Crippen LogP contribution in [0.25, 0.3) is 0 Å². The second-order valence-electron chi connectivity index (χ2n) is 5.88. The van der Waals surface area contributed by atoms with Crippen LogP contribution in [-0.4, -0.2) is 41.9 Å². The monoisotopic (exact) mass is 281 g/mol. The second-order valence-corrected chi connectivity index (χ2v) is 5.88. The first-order chi connectivity index (χ1) is 8.80. The SMILES string of the molecule is CC1CC(O)CCN1C.FC(F)(F)C1CCCCC1. The van der Waals surface area contributed by atoms with E-state index >= 15 is 0 Å². The molecule has 0 aromatic heterocycles. The third-order valence-corrected chi connectivity index (χ3v) is 4.25. The highest BCUT2D eigenvalue weighted by atomic mass is 19.4. The van der Waals surface area contributed by atoms with Crippen molar-refractivity contribution < 1.29 is 18.3 Å². The molecular weight excluding hydrogens is 255 g/mol. The standard InChI is InChI=1S/C7H11F3.C7H15NO/c8-7(9,10)6-4-2-1-3-5-6;1-6-5-7(9)3-4-8(6)2/h6H,1-5H2;6-7,9H,3-5H2,1-2H3. The van der Waals surface area contributed by atoms with Crippen molar-refractivity contribution in [1.82, 2.24) is 4.90 Å². The largest absolute Gasteiger partial charge is 0.393 e. The lowest BCUT2D eigenvalue weighted by Crippen LogP contribution is -2.39. The molecule has 2 rings (SSSR count). The summed E-state index contributed by atoms with van der Waals surface area (Å²) in [7, 11) is 2.11. The summed E-state index contributed by atoms with van der Waals surface area (Å²) in [5.74, 6) is -0.999. The van der Waals surface area contributed by atoms with Crippen molar-refractivity contribution in [2.75, 3.05) is 13.6 Å². The van der Waals surface area contributed by atoms with E-state index in [0.29, 0.717) is 18.9 Å². The summed E-state index contributed by atoms with van der Waals surface area (Å²) in [6.07, 6.45) is 1.10. The van der Waals surface area contributed by atoms with Gasteiger partial charge in [-0.1, -0.05) is 19.3 Å². The van der Waals surface area contributed by atoms with Gasteiger partial charge in [-0.25, -0.2) is 0 Å². The Bertz CT molecular complexity index is 252. The summed E-state index contributed by atoms with van der Waals surface area (Å²) >= 11 is 0. The first-order valence-corrected chi connectivity index (χ1v) is 7.25. The number of hydrogen-bond acceptors (Lipinski definition) is 2. The molecular formula is C14H26F3NO. The fraction of sp³-hybridized carbons (Fsp3) is 1.00. The van der Waals surface area contributed by atoms with Gasteiger partial charge in [0.1, 0.15) is 0 Å². The molecule has 0 aromatic rings. The van der Waals surface area contributed by atoms with Crippen molar-refractivity contribution in [2.24, 2.45) is 5.92 Å². The molecule has 1 N–H and O–H groups in total. The summed E-state index contributed by atoms with van der Waals surface area (Å²) in [5.41, 5.74) is 0. The van der Waals surface area contributed by atoms with Crippen LogP contribution in [0.5, 0.6) is 0 Å². The highest BCUT2D eigenvalue weighted by Crippen LogP contribution is 2.37. The lowest BCUT2D eigenvalue weighted by Gasteiger charge is -2.32. The van der Waals surface area contributed by atoms with Gasteiger partial charge in [0.2, 0.25) is 0 Å². The fourth-order valence-electron chi connectivity index (χ4n) is 2.69. The maximum absolute atomic E-state index is 11.9. The van der Waals surface area contributed by atoms with Gasteiger partial charge in [-0.2, -0.15) is 13.2 Å². The molecule has 2 unspecified atom stereocenters. The van der Waals surface area contributed by atoms with Crippen molar-refractivity contribution in [1.29, 1.82) is 0 Å². The Balaban J connectivity index is 0.000000191. The average molecular weight is 281 g/mol. The third kappa shape index (κ3) is 6.13. The number of piperidine rings is 1. The zero-order chi connectivity index (χ0) is 14.5. The molecule has 2 atom stereocenters. The fourth-order valence-corrected chi connectivity index (χ4v) is 2.69. The molecule has 0 bridgehead atoms. The zero-order valence-corrected chi connectivity index (χ0v) is 11.9. The smallest absolute Gasteiger partial charge is 0.391 e. The molecule has 0 radical (unpaired) electrons. The number of halogens is 3. The van der Waals surface area contributed by atoms with E-state index in [-0.39, 0.29) is 6.10 Å². The van der Waals surface area contributed by atoms with Crippen LogP contribution in [0.4, 0.5) is 13.2 Å². The summed E-state index contributed by atoms with van der Waals surface area (Å²) < 4.78 is 35.8. The number of hydrogen-bond donors (Lipinski definition) is 1. The molecule has 114 valence electrons. The van der Waals surface area contributed by atoms with E-state index in [1.165, 1.54) is 0 Å². The normalized spacial score (nSPS) is 30.6. The van der Waals surface area contributed by atoms with Crippen molar-refractivity contribution in [2.45, 2.75) is 70.2 Å². The minimum absolute atomic E-state index is 0.0452. The Morgan fingerprint density at radius 1 is 1.05 bits per heavy atom. The predicted molar refractivity (Wildman–Crippen MR) is 70.0 cm³/mol. The van der Waals surface area contributed by atoms with Gasteiger partial charge >= 0.3 is 6.18 Å². The van der Waals surface area contributed by atoms with Crippen molar-refractivity contribution in [3.8, 4) is 0 Å². The number of aliphatic hydroxyl groups excluding tert-OH is 1. The van der Waals surface area contributed by atoms with Gasteiger partial charge in [0.15, 0.2) is 0 Å². The number of likely N-dealkylation sites (tertiary alicyclic amines) is 1. The highest BCUT2D eigenvalue weighted by Gasteiger charge is 2.39. The Labute approximate surface area is 114 Å². The Hall–Kier alpha value is -0.290. The van der Waals surface area contributed by atoms with Gasteiger partial charge in [-0.05, 0) is 39.7 Å². The van der Waals surface area contributed by atoms with Crippen LogP contribution in [0.1, 0.15) is 51.9 Å². The molecule has 1 saturated heterocycles. The Kier molecular flexibility index (Phi) is 6.60. The molecule has 2 fully saturated rings. The van der Waals surface area contributed by atoms with Crippen LogP contribution < -0.4 is 0 Å². The molecule has 1 aliphatic heterocycles. The van der Waals surface area contributed by atoms with Gasteiger partial charge in [-0.15, -0.1) is 0 Å². The van der Waals surface area contributed by atoms with E-state index in [9.17, 15) is 18.3 Å². The van der Waals surface area contributed by atoms with Crippen LogP contribution >= 0.6 is 0 Å². The van der Waals surface area contributed by atoms with Crippen LogP contribution in [-0.2, 0) is 0 Å². The van der Waals surface area contributed by atoms with Crippen molar-refractivity contribution >= 4 is 0 Å². The van der Waals surface area contributed by atoms with Gasteiger partial charge < -0.3 is 10.0 Å². The van der Waals surface area contributed by atoms with Crippen LogP contribution in [0.2, 0.25) is 0 Å². The number of rotatable bonds is 0. The highest BCUT2D eigenvalue weighted by molar-refractivity contribution is 4.75. The summed E-state index contributed by atoms with van der Waals surface area (Å²) in [6, 6.07) is 0.564. The van der Waals surface area contributed by atoms with Crippen LogP contribution in [0.15, 0.2) is 0 Å². The van der Waals surface area contributed by atoms with Gasteiger partial charge in [0, 0.05) is 12.6 Å². The van der Waals surface area contributed by atoms with E-state index in [4.69, 9.17) is 0 Å². The van der Waals surface area contributed by atoms with E-state index < -0.39 is 12.1 Å². The molecule has 1 heterocycles. The lowest BCUT2D eigenvalue weighted by atomic mass is 9.89. The maximum atomic E-state index is 11.9. The summed E-state index contributed by atoms with van der Waals surface area (Å²) in [4.78, 5) is 2.28. The van der Waals surface area contributed by atoms with Crippen LogP contribution in [0, 0.1) is 5.92 Å². The molecule has 0 amide bonds. The van der Waals surface area contributed by atoms with Gasteiger partial charge in [0.25, 0.3) is 0 Å². The minimum Gasteiger partial charge on any atom is -0.393 e. The first-order valence-electron chi connectivity index (χ1n) is 7.25. The molecule has 1 aliphatic carbocycles. The van der Waals surface area contributed by atoms with Crippen molar-refractivity contribution in [3.63, 3.8) is 0 Å². The average Bonchev–Trinajstić information content (AvgIpc) is 2.35. The molecule has 5 heteroatoms. The molecule has 19 heavy (non-hydrogen) atoms. The number of aliphatic hydroxyl groups is 1. The second kappa shape index (κ2) is 7.48. The molecule has 1 saturated carbocycles. The zero-order valence-electron chi connectivity index (χ0n) is 11.9. The van der Waals surface area contributed by atoms with Crippen LogP contribution in [0.3, 0.4) is 0 Å². The van der Waals surface area contributed by atoms with Gasteiger partial charge in [0.05, 0.1) is 12.0 Å². The van der Waals surface area contributed by atoms with Crippen molar-refractivity contribution in [3.05, 3.63) is 0 Å². The first kappa shape index (κ1) is 16.8. The molecule has 0 spiro atoms. The Morgan fingerprint density at radius 2 is 1.63 bits per heavy atom. The minimum atomic E-state index is -3.93. The maximum Gasteiger partial charge on any atom is 0.391 e. The molecule has 2 nitrogen and oxygen atoms in total. The van der Waals surface area contributed by atoms with E-state index in [2.05, 4.69) is 18.9 Å². The summed E-state index contributed by atoms with van der Waals surface area (Å²) in [6.45, 7) is 3.20. The quantitative estimate of drug-likeness (QED) is 0.733. The van der Waals surface area contributed by atoms with Gasteiger partial charge in [-0.3, -0.25) is 0 Å². The lowest BCUT2D eigenvalue weighted by molar-refractivity contribution is -0.181. The predicted octanol–water partition coefficient (Wildman–Crippen LogP) is 3.59. The van der Waals surface area contributed by atoms with E-state index in [1.807, 2.05) is 0 Å². The number of alkyl halides is 3. The number of nitrogens with zero attached hydrogens (tertiary/aromatic N) is 1. The topological polar surface area (TPSA) is 23.5 Å². The molecule has 2 aliphatic rings. The molecule has 0 aromatic carbocycles. The van der Waals surface area contributed by atoms with E-state index in [1.54, 1.807) is 0 Å². The third-order valence-electron chi connectivity index (χ3n) is 4.25. The van der Waals surface area contributed by atoms with E-state index in [0.717, 1.165) is 38.6 Å². The summed E-state index contributed by atoms with van der Waals surface area (Å²) in [5, 5.41) is 9.17.